The quantitative estimate of drug-likeness (QED) is 0.767. The number of aryl methyl sites for hydroxylation is 2. The van der Waals surface area contributed by atoms with Gasteiger partial charge in [-0.25, -0.2) is 8.42 Å². The number of nitrogens with one attached hydrogen (secondary N) is 1. The van der Waals surface area contributed by atoms with E-state index < -0.39 is 10.0 Å². The lowest BCUT2D eigenvalue weighted by Crippen LogP contribution is -2.46. The molecule has 166 valence electrons. The zero-order chi connectivity index (χ0) is 22.0. The zero-order valence-electron chi connectivity index (χ0n) is 17.8. The van der Waals surface area contributed by atoms with Gasteiger partial charge in [0.05, 0.1) is 11.4 Å². The molecule has 7 nitrogen and oxygen atoms in total. The molecule has 2 aliphatic rings. The SMILES string of the molecule is Cc1ccc(S(=O)(=O)N2CCC(C(=O)NC[C@H]3COc4ccccc4O3)CC2)cc1C. The summed E-state index contributed by atoms with van der Waals surface area (Å²) in [6.45, 7) is 5.27. The highest BCUT2D eigenvalue weighted by molar-refractivity contribution is 7.89. The summed E-state index contributed by atoms with van der Waals surface area (Å²) in [7, 11) is -3.54. The third-order valence-corrected chi connectivity index (χ3v) is 7.91. The Morgan fingerprint density at radius 1 is 1.06 bits per heavy atom. The number of sulfonamides is 1. The van der Waals surface area contributed by atoms with Gasteiger partial charge < -0.3 is 14.8 Å². The van der Waals surface area contributed by atoms with Gasteiger partial charge >= 0.3 is 0 Å². The number of hydrogen-bond acceptors (Lipinski definition) is 5. The Morgan fingerprint density at radius 3 is 2.48 bits per heavy atom. The number of benzene rings is 2. The molecule has 0 aromatic heterocycles. The highest BCUT2D eigenvalue weighted by Crippen LogP contribution is 2.31. The highest BCUT2D eigenvalue weighted by atomic mass is 32.2. The third kappa shape index (κ3) is 4.70. The van der Waals surface area contributed by atoms with Crippen molar-refractivity contribution in [3.8, 4) is 11.5 Å². The van der Waals surface area contributed by atoms with Crippen LogP contribution in [0.4, 0.5) is 0 Å². The van der Waals surface area contributed by atoms with Crippen molar-refractivity contribution < 1.29 is 22.7 Å². The molecule has 2 aliphatic heterocycles. The fraction of sp³-hybridized carbons (Fsp3) is 0.435. The van der Waals surface area contributed by atoms with Crippen LogP contribution < -0.4 is 14.8 Å². The van der Waals surface area contributed by atoms with Crippen molar-refractivity contribution in [3.05, 3.63) is 53.6 Å². The molecule has 0 radical (unpaired) electrons. The smallest absolute Gasteiger partial charge is 0.243 e. The van der Waals surface area contributed by atoms with Crippen molar-refractivity contribution in [1.29, 1.82) is 0 Å². The van der Waals surface area contributed by atoms with E-state index in [0.717, 1.165) is 11.1 Å². The average Bonchev–Trinajstić information content (AvgIpc) is 2.79. The van der Waals surface area contributed by atoms with Gasteiger partial charge in [0.2, 0.25) is 15.9 Å². The van der Waals surface area contributed by atoms with Crippen LogP contribution in [0, 0.1) is 19.8 Å². The van der Waals surface area contributed by atoms with E-state index in [-0.39, 0.29) is 17.9 Å². The number of amides is 1. The molecule has 2 heterocycles. The molecule has 0 spiro atoms. The van der Waals surface area contributed by atoms with Gasteiger partial charge in [-0.1, -0.05) is 18.2 Å². The maximum Gasteiger partial charge on any atom is 0.243 e. The molecule has 0 bridgehead atoms. The molecule has 1 amide bonds. The number of para-hydroxylation sites is 2. The summed E-state index contributed by atoms with van der Waals surface area (Å²) < 4.78 is 38.9. The zero-order valence-corrected chi connectivity index (χ0v) is 18.7. The van der Waals surface area contributed by atoms with Crippen molar-refractivity contribution in [3.63, 3.8) is 0 Å². The van der Waals surface area contributed by atoms with Crippen molar-refractivity contribution in [1.82, 2.24) is 9.62 Å². The molecule has 4 rings (SSSR count). The fourth-order valence-corrected chi connectivity index (χ4v) is 5.46. The molecule has 8 heteroatoms. The maximum absolute atomic E-state index is 13.0. The average molecular weight is 445 g/mol. The molecule has 0 saturated carbocycles. The number of fused-ring (bicyclic) bond motifs is 1. The van der Waals surface area contributed by atoms with E-state index in [2.05, 4.69) is 5.32 Å². The minimum absolute atomic E-state index is 0.0642. The monoisotopic (exact) mass is 444 g/mol. The first-order valence-electron chi connectivity index (χ1n) is 10.6. The first kappa shape index (κ1) is 21.6. The molecule has 2 aromatic rings. The molecular formula is C23H28N2O5S. The molecule has 1 fully saturated rings. The first-order chi connectivity index (χ1) is 14.8. The fourth-order valence-electron chi connectivity index (χ4n) is 3.90. The van der Waals surface area contributed by atoms with Gasteiger partial charge in [0.1, 0.15) is 12.7 Å². The van der Waals surface area contributed by atoms with E-state index in [1.807, 2.05) is 44.2 Å². The summed E-state index contributed by atoms with van der Waals surface area (Å²) >= 11 is 0. The first-order valence-corrected chi connectivity index (χ1v) is 12.0. The van der Waals surface area contributed by atoms with Crippen molar-refractivity contribution in [2.45, 2.75) is 37.7 Å². The van der Waals surface area contributed by atoms with E-state index in [1.54, 1.807) is 12.1 Å². The molecule has 31 heavy (non-hydrogen) atoms. The van der Waals surface area contributed by atoms with Crippen LogP contribution in [-0.4, -0.2) is 51.0 Å². The Hall–Kier alpha value is -2.58. The van der Waals surface area contributed by atoms with Gasteiger partial charge in [-0.3, -0.25) is 4.79 Å². The second-order valence-corrected chi connectivity index (χ2v) is 10.1. The minimum atomic E-state index is -3.54. The third-order valence-electron chi connectivity index (χ3n) is 6.01. The molecular weight excluding hydrogens is 416 g/mol. The van der Waals surface area contributed by atoms with Crippen LogP contribution >= 0.6 is 0 Å². The van der Waals surface area contributed by atoms with Gasteiger partial charge in [-0.2, -0.15) is 4.31 Å². The van der Waals surface area contributed by atoms with Crippen LogP contribution in [0.25, 0.3) is 0 Å². The van der Waals surface area contributed by atoms with E-state index >= 15 is 0 Å². The Kier molecular flexibility index (Phi) is 6.20. The summed E-state index contributed by atoms with van der Waals surface area (Å²) in [5.41, 5.74) is 2.01. The number of ether oxygens (including phenoxy) is 2. The molecule has 1 atom stereocenters. The van der Waals surface area contributed by atoms with Crippen molar-refractivity contribution in [2.75, 3.05) is 26.2 Å². The van der Waals surface area contributed by atoms with Gasteiger partial charge in [-0.05, 0) is 62.1 Å². The van der Waals surface area contributed by atoms with E-state index in [9.17, 15) is 13.2 Å². The Labute approximate surface area is 183 Å². The van der Waals surface area contributed by atoms with Crippen molar-refractivity contribution >= 4 is 15.9 Å². The Balaban J connectivity index is 1.28. The number of rotatable bonds is 5. The van der Waals surface area contributed by atoms with Crippen LogP contribution in [0.15, 0.2) is 47.4 Å². The molecule has 1 saturated heterocycles. The lowest BCUT2D eigenvalue weighted by atomic mass is 9.97. The number of hydrogen-bond donors (Lipinski definition) is 1. The number of piperidine rings is 1. The molecule has 1 N–H and O–H groups in total. The summed E-state index contributed by atoms with van der Waals surface area (Å²) in [6, 6.07) is 12.7. The van der Waals surface area contributed by atoms with E-state index in [4.69, 9.17) is 9.47 Å². The lowest BCUT2D eigenvalue weighted by Gasteiger charge is -2.31. The second-order valence-electron chi connectivity index (χ2n) is 8.17. The van der Waals surface area contributed by atoms with Gasteiger partial charge in [0, 0.05) is 19.0 Å². The Bertz CT molecular complexity index is 1060. The van der Waals surface area contributed by atoms with Gasteiger partial charge in [0.15, 0.2) is 11.5 Å². The summed E-state index contributed by atoms with van der Waals surface area (Å²) in [6.07, 6.45) is 0.755. The summed E-state index contributed by atoms with van der Waals surface area (Å²) in [5.74, 6) is 1.12. The minimum Gasteiger partial charge on any atom is -0.486 e. The standard InChI is InChI=1S/C23H28N2O5S/c1-16-7-8-20(13-17(16)2)31(27,28)25-11-9-18(10-12-25)23(26)24-14-19-15-29-21-5-3-4-6-22(21)30-19/h3-8,13,18-19H,9-12,14-15H2,1-2H3,(H,24,26)/t19-/m0/s1. The van der Waals surface area contributed by atoms with Crippen LogP contribution in [-0.2, 0) is 14.8 Å². The van der Waals surface area contributed by atoms with Gasteiger partial charge in [0.25, 0.3) is 0 Å². The van der Waals surface area contributed by atoms with Gasteiger partial charge in [-0.15, -0.1) is 0 Å². The normalized spacial score (nSPS) is 19.7. The lowest BCUT2D eigenvalue weighted by molar-refractivity contribution is -0.126. The molecule has 0 unspecified atom stereocenters. The molecule has 2 aromatic carbocycles. The van der Waals surface area contributed by atoms with Crippen LogP contribution in [0.1, 0.15) is 24.0 Å². The van der Waals surface area contributed by atoms with Crippen LogP contribution in [0.3, 0.4) is 0 Å². The maximum atomic E-state index is 13.0. The predicted octanol–water partition coefficient (Wildman–Crippen LogP) is 2.66. The van der Waals surface area contributed by atoms with E-state index in [0.29, 0.717) is 55.5 Å². The summed E-state index contributed by atoms with van der Waals surface area (Å²) in [5, 5.41) is 2.94. The van der Waals surface area contributed by atoms with Crippen molar-refractivity contribution in [2.24, 2.45) is 5.92 Å². The summed E-state index contributed by atoms with van der Waals surface area (Å²) in [4.78, 5) is 12.9. The van der Waals surface area contributed by atoms with Crippen LogP contribution in [0.2, 0.25) is 0 Å². The number of nitrogens with zero attached hydrogens (tertiary/aromatic N) is 1. The molecule has 0 aliphatic carbocycles. The predicted molar refractivity (Wildman–Crippen MR) is 117 cm³/mol. The van der Waals surface area contributed by atoms with Crippen LogP contribution in [0.5, 0.6) is 11.5 Å². The van der Waals surface area contributed by atoms with E-state index in [1.165, 1.54) is 4.31 Å². The Morgan fingerprint density at radius 2 is 1.77 bits per heavy atom. The largest absolute Gasteiger partial charge is 0.486 e. The number of carbonyl (C=O) groups is 1. The number of carbonyl (C=O) groups excluding carboxylic acids is 1. The highest BCUT2D eigenvalue weighted by Gasteiger charge is 2.32. The topological polar surface area (TPSA) is 84.9 Å². The second kappa shape index (κ2) is 8.88.